The van der Waals surface area contributed by atoms with E-state index in [-0.39, 0.29) is 0 Å². The first-order chi connectivity index (χ1) is 9.13. The molecule has 0 saturated carbocycles. The van der Waals surface area contributed by atoms with Crippen molar-refractivity contribution in [3.63, 3.8) is 0 Å². The summed E-state index contributed by atoms with van der Waals surface area (Å²) in [6.07, 6.45) is 1.08. The Labute approximate surface area is 128 Å². The molecule has 2 rings (SSSR count). The summed E-state index contributed by atoms with van der Waals surface area (Å²) in [6.45, 7) is 7.20. The zero-order valence-corrected chi connectivity index (χ0v) is 13.7. The minimum Gasteiger partial charge on any atom is -0.369 e. The molecule has 1 N–H and O–H groups in total. The van der Waals surface area contributed by atoms with Crippen LogP contribution in [0, 0.1) is 17.4 Å². The predicted octanol–water partition coefficient (Wildman–Crippen LogP) is 4.19. The van der Waals surface area contributed by atoms with Crippen molar-refractivity contribution in [2.45, 2.75) is 27.2 Å². The van der Waals surface area contributed by atoms with Gasteiger partial charge in [-0.2, -0.15) is 0 Å². The molecule has 0 fully saturated rings. The zero-order chi connectivity index (χ0) is 13.8. The lowest BCUT2D eigenvalue weighted by Crippen LogP contribution is -2.07. The molecule has 1 aromatic heterocycles. The summed E-state index contributed by atoms with van der Waals surface area (Å²) >= 11 is 2.30. The van der Waals surface area contributed by atoms with E-state index in [0.717, 1.165) is 39.4 Å². The van der Waals surface area contributed by atoms with Gasteiger partial charge in [-0.05, 0) is 48.4 Å². The van der Waals surface area contributed by atoms with Crippen LogP contribution in [0.3, 0.4) is 0 Å². The second kappa shape index (κ2) is 6.32. The van der Waals surface area contributed by atoms with Crippen LogP contribution in [-0.2, 0) is 0 Å². The van der Waals surface area contributed by atoms with Gasteiger partial charge in [0.2, 0.25) is 0 Å². The third kappa shape index (κ3) is 3.23. The topological polar surface area (TPSA) is 37.8 Å². The van der Waals surface area contributed by atoms with Gasteiger partial charge >= 0.3 is 0 Å². The number of aromatic nitrogens is 2. The SMILES string of the molecule is CCCNc1nc(-c2ccccc2C)nc(C)c1I. The summed E-state index contributed by atoms with van der Waals surface area (Å²) in [5.41, 5.74) is 3.32. The van der Waals surface area contributed by atoms with Gasteiger partial charge in [-0.25, -0.2) is 9.97 Å². The van der Waals surface area contributed by atoms with Gasteiger partial charge in [-0.3, -0.25) is 0 Å². The van der Waals surface area contributed by atoms with E-state index in [2.05, 4.69) is 63.9 Å². The maximum Gasteiger partial charge on any atom is 0.162 e. The van der Waals surface area contributed by atoms with Crippen molar-refractivity contribution in [2.24, 2.45) is 0 Å². The van der Waals surface area contributed by atoms with Crippen LogP contribution in [0.2, 0.25) is 0 Å². The van der Waals surface area contributed by atoms with Gasteiger partial charge in [0, 0.05) is 12.1 Å². The molecule has 0 aliphatic rings. The molecule has 1 aromatic carbocycles. The van der Waals surface area contributed by atoms with Crippen molar-refractivity contribution in [2.75, 3.05) is 11.9 Å². The van der Waals surface area contributed by atoms with E-state index in [9.17, 15) is 0 Å². The van der Waals surface area contributed by atoms with Gasteiger partial charge in [0.1, 0.15) is 5.82 Å². The fourth-order valence-corrected chi connectivity index (χ4v) is 2.30. The molecule has 0 bridgehead atoms. The van der Waals surface area contributed by atoms with Crippen LogP contribution in [0.4, 0.5) is 5.82 Å². The van der Waals surface area contributed by atoms with E-state index in [1.807, 2.05) is 19.1 Å². The van der Waals surface area contributed by atoms with E-state index in [1.165, 1.54) is 5.56 Å². The van der Waals surface area contributed by atoms with E-state index in [0.29, 0.717) is 0 Å². The van der Waals surface area contributed by atoms with Crippen molar-refractivity contribution >= 4 is 28.4 Å². The van der Waals surface area contributed by atoms with E-state index in [1.54, 1.807) is 0 Å². The summed E-state index contributed by atoms with van der Waals surface area (Å²) in [4.78, 5) is 9.29. The number of nitrogens with zero attached hydrogens (tertiary/aromatic N) is 2. The van der Waals surface area contributed by atoms with Crippen molar-refractivity contribution in [3.05, 3.63) is 39.1 Å². The second-order valence-electron chi connectivity index (χ2n) is 4.54. The van der Waals surface area contributed by atoms with E-state index in [4.69, 9.17) is 0 Å². The molecule has 3 nitrogen and oxygen atoms in total. The Hall–Kier alpha value is -1.17. The normalized spacial score (nSPS) is 10.5. The predicted molar refractivity (Wildman–Crippen MR) is 88.4 cm³/mol. The lowest BCUT2D eigenvalue weighted by atomic mass is 10.1. The molecule has 4 heteroatoms. The maximum absolute atomic E-state index is 4.67. The second-order valence-corrected chi connectivity index (χ2v) is 5.62. The number of anilines is 1. The van der Waals surface area contributed by atoms with Crippen LogP contribution in [0.5, 0.6) is 0 Å². The summed E-state index contributed by atoms with van der Waals surface area (Å²) in [7, 11) is 0. The number of halogens is 1. The Morgan fingerprint density at radius 3 is 2.58 bits per heavy atom. The highest BCUT2D eigenvalue weighted by molar-refractivity contribution is 14.1. The summed E-state index contributed by atoms with van der Waals surface area (Å²) in [5, 5.41) is 3.37. The van der Waals surface area contributed by atoms with Crippen molar-refractivity contribution < 1.29 is 0 Å². The van der Waals surface area contributed by atoms with Crippen LogP contribution >= 0.6 is 22.6 Å². The van der Waals surface area contributed by atoms with E-state index >= 15 is 0 Å². The highest BCUT2D eigenvalue weighted by Crippen LogP contribution is 2.25. The van der Waals surface area contributed by atoms with Gasteiger partial charge in [0.15, 0.2) is 5.82 Å². The Kier molecular flexibility index (Phi) is 4.74. The average molecular weight is 367 g/mol. The number of hydrogen-bond acceptors (Lipinski definition) is 3. The lowest BCUT2D eigenvalue weighted by molar-refractivity contribution is 0.958. The third-order valence-corrected chi connectivity index (χ3v) is 4.24. The molecular weight excluding hydrogens is 349 g/mol. The Morgan fingerprint density at radius 2 is 1.89 bits per heavy atom. The molecule has 0 atom stereocenters. The smallest absolute Gasteiger partial charge is 0.162 e. The molecule has 0 unspecified atom stereocenters. The largest absolute Gasteiger partial charge is 0.369 e. The van der Waals surface area contributed by atoms with Gasteiger partial charge in [-0.1, -0.05) is 31.2 Å². The molecule has 100 valence electrons. The molecule has 0 saturated heterocycles. The molecule has 1 heterocycles. The fourth-order valence-electron chi connectivity index (χ4n) is 1.86. The number of rotatable bonds is 4. The number of benzene rings is 1. The van der Waals surface area contributed by atoms with Gasteiger partial charge in [-0.15, -0.1) is 0 Å². The first-order valence-electron chi connectivity index (χ1n) is 6.47. The first kappa shape index (κ1) is 14.2. The first-order valence-corrected chi connectivity index (χ1v) is 7.55. The minimum atomic E-state index is 0.801. The summed E-state index contributed by atoms with van der Waals surface area (Å²) in [5.74, 6) is 1.74. The highest BCUT2D eigenvalue weighted by atomic mass is 127. The Bertz CT molecular complexity index is 582. The zero-order valence-electron chi connectivity index (χ0n) is 11.5. The molecule has 0 radical (unpaired) electrons. The molecule has 0 aliphatic heterocycles. The molecule has 2 aromatic rings. The van der Waals surface area contributed by atoms with Crippen molar-refractivity contribution in [1.82, 2.24) is 9.97 Å². The van der Waals surface area contributed by atoms with Crippen molar-refractivity contribution in [1.29, 1.82) is 0 Å². The third-order valence-electron chi connectivity index (χ3n) is 2.95. The fraction of sp³-hybridized carbons (Fsp3) is 0.333. The van der Waals surface area contributed by atoms with Crippen LogP contribution < -0.4 is 5.32 Å². The lowest BCUT2D eigenvalue weighted by Gasteiger charge is -2.12. The standard InChI is InChI=1S/C15H18IN3/c1-4-9-17-15-13(16)11(3)18-14(19-15)12-8-6-5-7-10(12)2/h5-8H,4,9H2,1-3H3,(H,17,18,19). The van der Waals surface area contributed by atoms with Crippen LogP contribution in [0.25, 0.3) is 11.4 Å². The maximum atomic E-state index is 4.67. The number of hydrogen-bond donors (Lipinski definition) is 1. The Balaban J connectivity index is 2.47. The molecule has 0 amide bonds. The quantitative estimate of drug-likeness (QED) is 0.824. The minimum absolute atomic E-state index is 0.801. The van der Waals surface area contributed by atoms with Crippen molar-refractivity contribution in [3.8, 4) is 11.4 Å². The molecule has 19 heavy (non-hydrogen) atoms. The number of aryl methyl sites for hydroxylation is 2. The van der Waals surface area contributed by atoms with Crippen LogP contribution in [0.1, 0.15) is 24.6 Å². The summed E-state index contributed by atoms with van der Waals surface area (Å²) in [6, 6.07) is 8.22. The Morgan fingerprint density at radius 1 is 1.16 bits per heavy atom. The van der Waals surface area contributed by atoms with Gasteiger partial charge in [0.25, 0.3) is 0 Å². The number of nitrogens with one attached hydrogen (secondary N) is 1. The molecular formula is C15H18IN3. The highest BCUT2D eigenvalue weighted by Gasteiger charge is 2.11. The van der Waals surface area contributed by atoms with Crippen LogP contribution in [-0.4, -0.2) is 16.5 Å². The molecule has 0 spiro atoms. The van der Waals surface area contributed by atoms with Gasteiger partial charge < -0.3 is 5.32 Å². The molecule has 0 aliphatic carbocycles. The van der Waals surface area contributed by atoms with Gasteiger partial charge in [0.05, 0.1) is 9.26 Å². The van der Waals surface area contributed by atoms with E-state index < -0.39 is 0 Å². The summed E-state index contributed by atoms with van der Waals surface area (Å²) < 4.78 is 1.10. The van der Waals surface area contributed by atoms with Crippen LogP contribution in [0.15, 0.2) is 24.3 Å². The monoisotopic (exact) mass is 367 g/mol. The average Bonchev–Trinajstić information content (AvgIpc) is 2.41.